The molecule has 1 atom stereocenters. The van der Waals surface area contributed by atoms with Crippen molar-refractivity contribution in [2.75, 3.05) is 6.54 Å². The molecule has 2 aromatic rings. The molecular formula is C19H27NS. The zero-order valence-electron chi connectivity index (χ0n) is 13.6. The van der Waals surface area contributed by atoms with Crippen LogP contribution in [0, 0.1) is 0 Å². The van der Waals surface area contributed by atoms with Gasteiger partial charge in [-0.1, -0.05) is 52.0 Å². The van der Waals surface area contributed by atoms with Crippen LogP contribution >= 0.6 is 11.3 Å². The van der Waals surface area contributed by atoms with Crippen LogP contribution in [0.2, 0.25) is 0 Å². The highest BCUT2D eigenvalue weighted by atomic mass is 32.1. The monoisotopic (exact) mass is 301 g/mol. The smallest absolute Gasteiger partial charge is 0.0412 e. The molecule has 1 N–H and O–H groups in total. The van der Waals surface area contributed by atoms with Gasteiger partial charge in [0.25, 0.3) is 0 Å². The van der Waals surface area contributed by atoms with Gasteiger partial charge in [0.05, 0.1) is 0 Å². The van der Waals surface area contributed by atoms with Gasteiger partial charge in [-0.15, -0.1) is 11.3 Å². The minimum absolute atomic E-state index is 0.495. The van der Waals surface area contributed by atoms with E-state index in [9.17, 15) is 0 Å². The maximum absolute atomic E-state index is 3.65. The van der Waals surface area contributed by atoms with Crippen molar-refractivity contribution < 1.29 is 0 Å². The highest BCUT2D eigenvalue weighted by Gasteiger charge is 2.14. The summed E-state index contributed by atoms with van der Waals surface area (Å²) in [5, 5.41) is 3.65. The Morgan fingerprint density at radius 1 is 1.05 bits per heavy atom. The Kier molecular flexibility index (Phi) is 6.01. The number of benzene rings is 1. The molecule has 0 radical (unpaired) electrons. The Morgan fingerprint density at radius 3 is 2.48 bits per heavy atom. The van der Waals surface area contributed by atoms with Crippen LogP contribution in [0.5, 0.6) is 0 Å². The normalized spacial score (nSPS) is 12.8. The van der Waals surface area contributed by atoms with E-state index >= 15 is 0 Å². The topological polar surface area (TPSA) is 12.0 Å². The van der Waals surface area contributed by atoms with E-state index in [1.807, 2.05) is 11.3 Å². The third-order valence-corrected chi connectivity index (χ3v) is 5.10. The quantitative estimate of drug-likeness (QED) is 0.662. The summed E-state index contributed by atoms with van der Waals surface area (Å²) in [6.07, 6.45) is 2.33. The minimum atomic E-state index is 0.495. The van der Waals surface area contributed by atoms with E-state index in [-0.39, 0.29) is 0 Å². The molecule has 0 bridgehead atoms. The molecule has 0 aliphatic heterocycles. The fourth-order valence-corrected chi connectivity index (χ4v) is 3.89. The maximum atomic E-state index is 3.65. The van der Waals surface area contributed by atoms with Gasteiger partial charge in [0.1, 0.15) is 0 Å². The first-order valence-corrected chi connectivity index (χ1v) is 8.91. The summed E-state index contributed by atoms with van der Waals surface area (Å²) in [6.45, 7) is 10.1. The fraction of sp³-hybridized carbons (Fsp3) is 0.474. The molecule has 0 aliphatic carbocycles. The highest BCUT2D eigenvalue weighted by molar-refractivity contribution is 7.15. The first kappa shape index (κ1) is 16.3. The Morgan fingerprint density at radius 2 is 1.81 bits per heavy atom. The van der Waals surface area contributed by atoms with Gasteiger partial charge in [-0.3, -0.25) is 0 Å². The van der Waals surface area contributed by atoms with Crippen LogP contribution in [0.4, 0.5) is 0 Å². The van der Waals surface area contributed by atoms with Gasteiger partial charge in [0.2, 0.25) is 0 Å². The van der Waals surface area contributed by atoms with E-state index < -0.39 is 0 Å². The highest BCUT2D eigenvalue weighted by Crippen LogP contribution is 2.36. The zero-order chi connectivity index (χ0) is 15.2. The predicted molar refractivity (Wildman–Crippen MR) is 95.2 cm³/mol. The number of rotatable bonds is 7. The van der Waals surface area contributed by atoms with E-state index in [1.54, 1.807) is 0 Å². The molecule has 0 aliphatic rings. The molecule has 114 valence electrons. The Labute approximate surface area is 133 Å². The molecule has 2 heteroatoms. The van der Waals surface area contributed by atoms with E-state index in [2.05, 4.69) is 69.4 Å². The minimum Gasteiger partial charge on any atom is -0.309 e. The van der Waals surface area contributed by atoms with Gasteiger partial charge in [-0.2, -0.15) is 0 Å². The van der Waals surface area contributed by atoms with Crippen LogP contribution in [0.15, 0.2) is 36.4 Å². The van der Waals surface area contributed by atoms with Crippen LogP contribution in [-0.2, 0) is 0 Å². The Bertz CT molecular complexity index is 556. The fourth-order valence-electron chi connectivity index (χ4n) is 2.67. The molecule has 0 saturated carbocycles. The molecule has 21 heavy (non-hydrogen) atoms. The van der Waals surface area contributed by atoms with Gasteiger partial charge < -0.3 is 5.32 Å². The van der Waals surface area contributed by atoms with Crippen molar-refractivity contribution in [3.8, 4) is 10.4 Å². The molecule has 2 rings (SSSR count). The molecule has 0 saturated heterocycles. The number of thiophene rings is 1. The Balaban J connectivity index is 2.27. The van der Waals surface area contributed by atoms with Crippen LogP contribution in [0.1, 0.15) is 62.9 Å². The van der Waals surface area contributed by atoms with Crippen molar-refractivity contribution in [2.24, 2.45) is 0 Å². The Hall–Kier alpha value is -1.12. The summed E-state index contributed by atoms with van der Waals surface area (Å²) in [6, 6.07) is 13.9. The lowest BCUT2D eigenvalue weighted by Crippen LogP contribution is -2.20. The average molecular weight is 301 g/mol. The lowest BCUT2D eigenvalue weighted by atomic mass is 9.96. The van der Waals surface area contributed by atoms with Crippen LogP contribution in [-0.4, -0.2) is 6.54 Å². The van der Waals surface area contributed by atoms with Gasteiger partial charge in [-0.25, -0.2) is 0 Å². The second-order valence-corrected chi connectivity index (χ2v) is 6.97. The second-order valence-electron chi connectivity index (χ2n) is 5.86. The molecule has 1 aromatic heterocycles. The number of hydrogen-bond donors (Lipinski definition) is 1. The van der Waals surface area contributed by atoms with Crippen molar-refractivity contribution in [3.05, 3.63) is 46.8 Å². The van der Waals surface area contributed by atoms with Crippen molar-refractivity contribution >= 4 is 11.3 Å². The molecule has 0 spiro atoms. The lowest BCUT2D eigenvalue weighted by Gasteiger charge is -2.15. The summed E-state index contributed by atoms with van der Waals surface area (Å²) in [5.41, 5.74) is 2.84. The number of hydrogen-bond acceptors (Lipinski definition) is 2. The van der Waals surface area contributed by atoms with Gasteiger partial charge in [0.15, 0.2) is 0 Å². The average Bonchev–Trinajstić information content (AvgIpc) is 2.97. The molecular weight excluding hydrogens is 274 g/mol. The van der Waals surface area contributed by atoms with Crippen molar-refractivity contribution in [2.45, 2.75) is 52.5 Å². The first-order chi connectivity index (χ1) is 10.2. The van der Waals surface area contributed by atoms with Crippen molar-refractivity contribution in [1.29, 1.82) is 0 Å². The standard InChI is InChI=1S/C19H27NS/c1-5-13-20-17(6-2)19-12-11-18(21-19)16-10-8-7-9-15(16)14(3)4/h7-12,14,17,20H,5-6,13H2,1-4H3. The van der Waals surface area contributed by atoms with Crippen LogP contribution in [0.3, 0.4) is 0 Å². The van der Waals surface area contributed by atoms with Crippen LogP contribution < -0.4 is 5.32 Å². The predicted octanol–water partition coefficient (Wildman–Crippen LogP) is 5.99. The third-order valence-electron chi connectivity index (χ3n) is 3.87. The molecule has 1 aromatic carbocycles. The lowest BCUT2D eigenvalue weighted by molar-refractivity contribution is 0.525. The molecule has 1 nitrogen and oxygen atoms in total. The van der Waals surface area contributed by atoms with E-state index in [1.165, 1.54) is 27.3 Å². The molecule has 1 unspecified atom stereocenters. The molecule has 1 heterocycles. The molecule has 0 fully saturated rings. The summed E-state index contributed by atoms with van der Waals surface area (Å²) in [7, 11) is 0. The second kappa shape index (κ2) is 7.77. The first-order valence-electron chi connectivity index (χ1n) is 8.09. The summed E-state index contributed by atoms with van der Waals surface area (Å²) >= 11 is 1.94. The summed E-state index contributed by atoms with van der Waals surface area (Å²) < 4.78 is 0. The SMILES string of the molecule is CCCNC(CC)c1ccc(-c2ccccc2C(C)C)s1. The van der Waals surface area contributed by atoms with Gasteiger partial charge >= 0.3 is 0 Å². The van der Waals surface area contributed by atoms with Crippen LogP contribution in [0.25, 0.3) is 10.4 Å². The van der Waals surface area contributed by atoms with Crippen molar-refractivity contribution in [1.82, 2.24) is 5.32 Å². The molecule has 0 amide bonds. The van der Waals surface area contributed by atoms with E-state index in [4.69, 9.17) is 0 Å². The van der Waals surface area contributed by atoms with E-state index in [0.29, 0.717) is 12.0 Å². The van der Waals surface area contributed by atoms with Gasteiger partial charge in [0, 0.05) is 15.8 Å². The van der Waals surface area contributed by atoms with Crippen molar-refractivity contribution in [3.63, 3.8) is 0 Å². The zero-order valence-corrected chi connectivity index (χ0v) is 14.5. The van der Waals surface area contributed by atoms with Gasteiger partial charge in [-0.05, 0) is 48.6 Å². The van der Waals surface area contributed by atoms with E-state index in [0.717, 1.165) is 13.0 Å². The summed E-state index contributed by atoms with van der Waals surface area (Å²) in [5.74, 6) is 0.562. The third kappa shape index (κ3) is 3.96. The largest absolute Gasteiger partial charge is 0.309 e. The summed E-state index contributed by atoms with van der Waals surface area (Å²) in [4.78, 5) is 2.85. The maximum Gasteiger partial charge on any atom is 0.0412 e. The number of nitrogens with one attached hydrogen (secondary N) is 1.